The van der Waals surface area contributed by atoms with Crippen molar-refractivity contribution in [2.75, 3.05) is 20.8 Å². The molecule has 2 heterocycles. The van der Waals surface area contributed by atoms with Crippen LogP contribution in [0.4, 0.5) is 0 Å². The zero-order valence-corrected chi connectivity index (χ0v) is 18.3. The standard InChI is InChI=1S/C19H27N3O4.HI/c1-4-20-19(22-15-10-13-6-8-17(15)26-13)21-11-12-5-7-16(24-2)14(9-12)18(23)25-3;/h5,7,9,13,15,17H,4,6,8,10-11H2,1-3H3,(H2,20,21,22);1H. The first-order chi connectivity index (χ1) is 12.6. The van der Waals surface area contributed by atoms with E-state index >= 15 is 0 Å². The van der Waals surface area contributed by atoms with Crippen LogP contribution in [0.25, 0.3) is 0 Å². The Morgan fingerprint density at radius 1 is 1.33 bits per heavy atom. The summed E-state index contributed by atoms with van der Waals surface area (Å²) in [4.78, 5) is 16.6. The molecule has 3 unspecified atom stereocenters. The van der Waals surface area contributed by atoms with Crippen LogP contribution in [-0.2, 0) is 16.0 Å². The Hall–Kier alpha value is -1.55. The molecular formula is C19H28IN3O4. The van der Waals surface area contributed by atoms with Gasteiger partial charge >= 0.3 is 5.97 Å². The number of hydrogen-bond donors (Lipinski definition) is 2. The summed E-state index contributed by atoms with van der Waals surface area (Å²) in [6, 6.07) is 5.74. The van der Waals surface area contributed by atoms with Gasteiger partial charge in [0.25, 0.3) is 0 Å². The van der Waals surface area contributed by atoms with Crippen molar-refractivity contribution in [3.63, 3.8) is 0 Å². The molecule has 8 heteroatoms. The van der Waals surface area contributed by atoms with Crippen molar-refractivity contribution in [2.24, 2.45) is 4.99 Å². The molecule has 27 heavy (non-hydrogen) atoms. The molecule has 0 aromatic heterocycles. The SMILES string of the molecule is CCNC(=NCc1ccc(OC)c(C(=O)OC)c1)NC1CC2CCC1O2.I. The van der Waals surface area contributed by atoms with Gasteiger partial charge in [0, 0.05) is 6.54 Å². The lowest BCUT2D eigenvalue weighted by Crippen LogP contribution is -2.47. The highest BCUT2D eigenvalue weighted by Gasteiger charge is 2.41. The van der Waals surface area contributed by atoms with Crippen molar-refractivity contribution in [3.8, 4) is 5.75 Å². The van der Waals surface area contributed by atoms with E-state index in [2.05, 4.69) is 15.6 Å². The molecule has 7 nitrogen and oxygen atoms in total. The van der Waals surface area contributed by atoms with Gasteiger partial charge in [0.1, 0.15) is 11.3 Å². The number of esters is 1. The van der Waals surface area contributed by atoms with E-state index in [1.165, 1.54) is 20.6 Å². The van der Waals surface area contributed by atoms with Crippen molar-refractivity contribution in [3.05, 3.63) is 29.3 Å². The second kappa shape index (κ2) is 10.1. The van der Waals surface area contributed by atoms with Crippen molar-refractivity contribution in [1.29, 1.82) is 0 Å². The summed E-state index contributed by atoms with van der Waals surface area (Å²) >= 11 is 0. The summed E-state index contributed by atoms with van der Waals surface area (Å²) in [6.07, 6.45) is 3.99. The molecular weight excluding hydrogens is 461 g/mol. The molecule has 1 aromatic carbocycles. The van der Waals surface area contributed by atoms with Crippen molar-refractivity contribution >= 4 is 35.9 Å². The van der Waals surface area contributed by atoms with E-state index in [1.54, 1.807) is 12.1 Å². The summed E-state index contributed by atoms with van der Waals surface area (Å²) in [5.41, 5.74) is 1.31. The smallest absolute Gasteiger partial charge is 0.341 e. The highest BCUT2D eigenvalue weighted by molar-refractivity contribution is 14.0. The van der Waals surface area contributed by atoms with Gasteiger partial charge in [-0.15, -0.1) is 24.0 Å². The summed E-state index contributed by atoms with van der Waals surface area (Å²) in [5, 5.41) is 6.76. The number of methoxy groups -OCH3 is 2. The Morgan fingerprint density at radius 3 is 2.74 bits per heavy atom. The molecule has 2 N–H and O–H groups in total. The number of halogens is 1. The quantitative estimate of drug-likeness (QED) is 0.277. The van der Waals surface area contributed by atoms with Gasteiger partial charge in [-0.1, -0.05) is 6.07 Å². The van der Waals surface area contributed by atoms with Gasteiger partial charge in [0.15, 0.2) is 5.96 Å². The number of carbonyl (C=O) groups is 1. The maximum atomic E-state index is 11.9. The van der Waals surface area contributed by atoms with Crippen LogP contribution in [0.5, 0.6) is 5.75 Å². The van der Waals surface area contributed by atoms with Gasteiger partial charge < -0.3 is 24.8 Å². The number of aliphatic imine (C=N–C) groups is 1. The number of fused-ring (bicyclic) bond motifs is 2. The van der Waals surface area contributed by atoms with Crippen LogP contribution in [0.3, 0.4) is 0 Å². The topological polar surface area (TPSA) is 81.2 Å². The molecule has 3 rings (SSSR count). The van der Waals surface area contributed by atoms with E-state index in [9.17, 15) is 4.79 Å². The lowest BCUT2D eigenvalue weighted by Gasteiger charge is -2.22. The minimum Gasteiger partial charge on any atom is -0.496 e. The number of rotatable bonds is 6. The van der Waals surface area contributed by atoms with Gasteiger partial charge in [0.2, 0.25) is 0 Å². The fourth-order valence-corrected chi connectivity index (χ4v) is 3.58. The third-order valence-electron chi connectivity index (χ3n) is 4.86. The zero-order valence-electron chi connectivity index (χ0n) is 16.0. The summed E-state index contributed by atoms with van der Waals surface area (Å²) in [5.74, 6) is 0.842. The van der Waals surface area contributed by atoms with Crippen molar-refractivity contribution in [2.45, 2.75) is 51.0 Å². The van der Waals surface area contributed by atoms with Crippen LogP contribution in [0.1, 0.15) is 42.1 Å². The van der Waals surface area contributed by atoms with Crippen LogP contribution >= 0.6 is 24.0 Å². The fraction of sp³-hybridized carbons (Fsp3) is 0.579. The van der Waals surface area contributed by atoms with Gasteiger partial charge in [-0.05, 0) is 43.9 Å². The van der Waals surface area contributed by atoms with Gasteiger partial charge in [0.05, 0.1) is 39.0 Å². The highest BCUT2D eigenvalue weighted by Crippen LogP contribution is 2.34. The minimum absolute atomic E-state index is 0. The van der Waals surface area contributed by atoms with Gasteiger partial charge in [-0.2, -0.15) is 0 Å². The number of guanidine groups is 1. The molecule has 2 bridgehead atoms. The number of nitrogens with zero attached hydrogens (tertiary/aromatic N) is 1. The molecule has 1 aromatic rings. The number of carbonyl (C=O) groups excluding carboxylic acids is 1. The molecule has 0 saturated carbocycles. The number of benzene rings is 1. The molecule has 2 fully saturated rings. The average molecular weight is 489 g/mol. The summed E-state index contributed by atoms with van der Waals surface area (Å²) in [7, 11) is 2.89. The average Bonchev–Trinajstić information content (AvgIpc) is 3.28. The first-order valence-corrected chi connectivity index (χ1v) is 9.10. The Bertz CT molecular complexity index is 683. The largest absolute Gasteiger partial charge is 0.496 e. The van der Waals surface area contributed by atoms with Gasteiger partial charge in [-0.25, -0.2) is 9.79 Å². The first-order valence-electron chi connectivity index (χ1n) is 9.10. The molecule has 3 atom stereocenters. The molecule has 2 aliphatic rings. The van der Waals surface area contributed by atoms with Gasteiger partial charge in [-0.3, -0.25) is 0 Å². The van der Waals surface area contributed by atoms with E-state index in [4.69, 9.17) is 14.2 Å². The van der Waals surface area contributed by atoms with Crippen molar-refractivity contribution < 1.29 is 19.0 Å². The third-order valence-corrected chi connectivity index (χ3v) is 4.86. The van der Waals surface area contributed by atoms with Crippen LogP contribution in [-0.4, -0.2) is 50.9 Å². The summed E-state index contributed by atoms with van der Waals surface area (Å²) < 4.78 is 15.9. The maximum Gasteiger partial charge on any atom is 0.341 e. The Morgan fingerprint density at radius 2 is 2.15 bits per heavy atom. The lowest BCUT2D eigenvalue weighted by atomic mass is 9.96. The van der Waals surface area contributed by atoms with E-state index in [0.29, 0.717) is 30.0 Å². The molecule has 0 radical (unpaired) electrons. The molecule has 0 spiro atoms. The lowest BCUT2D eigenvalue weighted by molar-refractivity contribution is 0.0597. The zero-order chi connectivity index (χ0) is 18.5. The van der Waals surface area contributed by atoms with E-state index in [1.807, 2.05) is 13.0 Å². The summed E-state index contributed by atoms with van der Waals surface area (Å²) in [6.45, 7) is 3.27. The predicted octanol–water partition coefficient (Wildman–Crippen LogP) is 2.47. The molecule has 2 saturated heterocycles. The maximum absolute atomic E-state index is 11.9. The van der Waals surface area contributed by atoms with Crippen molar-refractivity contribution in [1.82, 2.24) is 10.6 Å². The normalized spacial score (nSPS) is 23.5. The number of nitrogens with one attached hydrogen (secondary N) is 2. The first kappa shape index (κ1) is 21.7. The highest BCUT2D eigenvalue weighted by atomic mass is 127. The molecule has 0 amide bonds. The molecule has 150 valence electrons. The van der Waals surface area contributed by atoms with Crippen LogP contribution < -0.4 is 15.4 Å². The fourth-order valence-electron chi connectivity index (χ4n) is 3.58. The molecule has 0 aliphatic carbocycles. The number of hydrogen-bond acceptors (Lipinski definition) is 5. The number of ether oxygens (including phenoxy) is 3. The van der Waals surface area contributed by atoms with Crippen LogP contribution in [0.2, 0.25) is 0 Å². The second-order valence-electron chi connectivity index (χ2n) is 6.58. The minimum atomic E-state index is -0.420. The van der Waals surface area contributed by atoms with E-state index in [0.717, 1.165) is 30.9 Å². The van der Waals surface area contributed by atoms with E-state index in [-0.39, 0.29) is 30.1 Å². The van der Waals surface area contributed by atoms with Crippen LogP contribution in [0.15, 0.2) is 23.2 Å². The van der Waals surface area contributed by atoms with Crippen LogP contribution in [0, 0.1) is 0 Å². The predicted molar refractivity (Wildman–Crippen MR) is 114 cm³/mol. The third kappa shape index (κ3) is 5.25. The Kier molecular flexibility index (Phi) is 8.15. The monoisotopic (exact) mass is 489 g/mol. The second-order valence-corrected chi connectivity index (χ2v) is 6.58. The molecule has 2 aliphatic heterocycles. The Labute approximate surface area is 177 Å². The Balaban J connectivity index is 0.00000261. The van der Waals surface area contributed by atoms with E-state index < -0.39 is 5.97 Å².